The number of carboxylic acid groups (broad SMARTS) is 1. The summed E-state index contributed by atoms with van der Waals surface area (Å²) in [5, 5.41) is 15.6. The van der Waals surface area contributed by atoms with Crippen molar-refractivity contribution in [1.29, 1.82) is 0 Å². The molecule has 0 aromatic rings. The first-order valence-electron chi connectivity index (χ1n) is 9.27. The van der Waals surface area contributed by atoms with E-state index in [0.29, 0.717) is 0 Å². The Bertz CT molecular complexity index is 707. The fraction of sp³-hybridized carbons (Fsp3) is 0.588. The third-order valence-corrected chi connectivity index (χ3v) is 4.12. The van der Waals surface area contributed by atoms with Crippen LogP contribution in [0.15, 0.2) is 0 Å². The Morgan fingerprint density at radius 3 is 2.17 bits per heavy atom. The van der Waals surface area contributed by atoms with Crippen LogP contribution in [0.2, 0.25) is 0 Å². The lowest BCUT2D eigenvalue weighted by atomic mass is 10.1. The maximum atomic E-state index is 12.2. The van der Waals surface area contributed by atoms with Crippen molar-refractivity contribution in [3.8, 4) is 0 Å². The monoisotopic (exact) mass is 427 g/mol. The van der Waals surface area contributed by atoms with E-state index in [2.05, 4.69) is 16.0 Å². The van der Waals surface area contributed by atoms with Crippen LogP contribution >= 0.6 is 0 Å². The molecule has 6 N–H and O–H groups in total. The Morgan fingerprint density at radius 2 is 1.60 bits per heavy atom. The second kappa shape index (κ2) is 12.1. The number of hydrogen-bond donors (Lipinski definition) is 5. The molecule has 0 aliphatic carbocycles. The molecule has 0 aromatic heterocycles. The predicted octanol–water partition coefficient (Wildman–Crippen LogP) is -3.02. The number of nitrogens with zero attached hydrogens (tertiary/aromatic N) is 1. The smallest absolute Gasteiger partial charge is 0.303 e. The number of carbonyl (C=O) groups excluding carboxylic acids is 6. The highest BCUT2D eigenvalue weighted by molar-refractivity contribution is 6.02. The van der Waals surface area contributed by atoms with Gasteiger partial charge in [0.25, 0.3) is 0 Å². The molecule has 1 fully saturated rings. The van der Waals surface area contributed by atoms with Gasteiger partial charge in [-0.05, 0) is 12.8 Å². The third-order valence-electron chi connectivity index (χ3n) is 4.12. The van der Waals surface area contributed by atoms with Crippen molar-refractivity contribution >= 4 is 41.4 Å². The minimum Gasteiger partial charge on any atom is -0.481 e. The first-order valence-corrected chi connectivity index (χ1v) is 9.27. The molecule has 0 radical (unpaired) electrons. The van der Waals surface area contributed by atoms with Gasteiger partial charge in [0, 0.05) is 32.2 Å². The number of aliphatic carboxylic acids is 1. The number of primary amides is 1. The van der Waals surface area contributed by atoms with E-state index >= 15 is 0 Å². The van der Waals surface area contributed by atoms with E-state index in [1.54, 1.807) is 0 Å². The summed E-state index contributed by atoms with van der Waals surface area (Å²) in [5.41, 5.74) is 4.88. The Kier molecular flexibility index (Phi) is 9.92. The molecule has 0 saturated carbocycles. The zero-order valence-corrected chi connectivity index (χ0v) is 16.3. The maximum Gasteiger partial charge on any atom is 0.303 e. The number of hydrogen-bond acceptors (Lipinski definition) is 7. The van der Waals surface area contributed by atoms with E-state index in [9.17, 15) is 33.6 Å². The molecule has 1 heterocycles. The number of carboxylic acids is 1. The van der Waals surface area contributed by atoms with Crippen LogP contribution in [0.4, 0.5) is 0 Å². The van der Waals surface area contributed by atoms with Gasteiger partial charge >= 0.3 is 5.97 Å². The molecule has 1 unspecified atom stereocenters. The fourth-order valence-corrected chi connectivity index (χ4v) is 2.61. The van der Waals surface area contributed by atoms with Crippen molar-refractivity contribution in [2.75, 3.05) is 19.6 Å². The minimum atomic E-state index is -1.20. The number of imide groups is 1. The van der Waals surface area contributed by atoms with Crippen LogP contribution in [0, 0.1) is 0 Å². The number of likely N-dealkylation sites (tertiary alicyclic amines) is 1. The Balaban J connectivity index is 2.49. The average molecular weight is 427 g/mol. The van der Waals surface area contributed by atoms with Gasteiger partial charge in [-0.25, -0.2) is 0 Å². The molecule has 1 aliphatic rings. The molecule has 13 heteroatoms. The van der Waals surface area contributed by atoms with E-state index in [1.165, 1.54) is 0 Å². The zero-order chi connectivity index (χ0) is 22.7. The lowest BCUT2D eigenvalue weighted by molar-refractivity contribution is -0.139. The Hall–Kier alpha value is -3.51. The van der Waals surface area contributed by atoms with Gasteiger partial charge in [-0.3, -0.25) is 38.5 Å². The van der Waals surface area contributed by atoms with E-state index in [1.807, 2.05) is 0 Å². The SMILES string of the molecule is NC(=O)CNC(=O)CNC(=O)C(CCC(=O)O)NC(=O)CCCN1C(=O)CCC1=O. The summed E-state index contributed by atoms with van der Waals surface area (Å²) in [4.78, 5) is 81.3. The van der Waals surface area contributed by atoms with Crippen molar-refractivity contribution in [2.45, 2.75) is 44.6 Å². The maximum absolute atomic E-state index is 12.2. The predicted molar refractivity (Wildman–Crippen MR) is 99.2 cm³/mol. The number of nitrogens with two attached hydrogens (primary N) is 1. The molecule has 13 nitrogen and oxygen atoms in total. The highest BCUT2D eigenvalue weighted by atomic mass is 16.4. The summed E-state index contributed by atoms with van der Waals surface area (Å²) in [5.74, 6) is -4.57. The van der Waals surface area contributed by atoms with Crippen molar-refractivity contribution in [3.63, 3.8) is 0 Å². The van der Waals surface area contributed by atoms with Crippen molar-refractivity contribution in [1.82, 2.24) is 20.9 Å². The summed E-state index contributed by atoms with van der Waals surface area (Å²) in [6, 6.07) is -1.20. The average Bonchev–Trinajstić information content (AvgIpc) is 2.99. The molecule has 0 aromatic carbocycles. The second-order valence-electron chi connectivity index (χ2n) is 6.56. The molecule has 0 bridgehead atoms. The largest absolute Gasteiger partial charge is 0.481 e. The standard InChI is InChI=1S/C17H25N5O8/c18-11(23)8-19-13(25)9-20-17(30)10(3-6-16(28)29)21-12(24)2-1-7-22-14(26)4-5-15(22)27/h10H,1-9H2,(H2,18,23)(H,19,25)(H,20,30)(H,21,24)(H,28,29). The van der Waals surface area contributed by atoms with Crippen molar-refractivity contribution < 1.29 is 38.7 Å². The van der Waals surface area contributed by atoms with E-state index in [-0.39, 0.29) is 50.5 Å². The van der Waals surface area contributed by atoms with Gasteiger partial charge in [0.2, 0.25) is 35.4 Å². The number of nitrogens with one attached hydrogen (secondary N) is 3. The molecular formula is C17H25N5O8. The molecule has 1 aliphatic heterocycles. The van der Waals surface area contributed by atoms with Gasteiger partial charge in [0.05, 0.1) is 13.1 Å². The first kappa shape index (κ1) is 24.5. The summed E-state index contributed by atoms with van der Waals surface area (Å²) in [6.07, 6.45) is -0.216. The summed E-state index contributed by atoms with van der Waals surface area (Å²) in [7, 11) is 0. The summed E-state index contributed by atoms with van der Waals surface area (Å²) >= 11 is 0. The van der Waals surface area contributed by atoms with Crippen LogP contribution in [-0.2, 0) is 33.6 Å². The summed E-state index contributed by atoms with van der Waals surface area (Å²) < 4.78 is 0. The van der Waals surface area contributed by atoms with E-state index in [4.69, 9.17) is 10.8 Å². The van der Waals surface area contributed by atoms with Crippen LogP contribution < -0.4 is 21.7 Å². The molecule has 166 valence electrons. The van der Waals surface area contributed by atoms with Crippen LogP contribution in [0.25, 0.3) is 0 Å². The lowest BCUT2D eigenvalue weighted by Gasteiger charge is -2.18. The molecule has 30 heavy (non-hydrogen) atoms. The molecule has 0 spiro atoms. The number of rotatable bonds is 13. The Morgan fingerprint density at radius 1 is 0.967 bits per heavy atom. The van der Waals surface area contributed by atoms with Gasteiger partial charge in [0.1, 0.15) is 6.04 Å². The minimum absolute atomic E-state index is 0.0805. The van der Waals surface area contributed by atoms with Crippen molar-refractivity contribution in [3.05, 3.63) is 0 Å². The topological polar surface area (TPSA) is 205 Å². The van der Waals surface area contributed by atoms with Crippen molar-refractivity contribution in [2.24, 2.45) is 5.73 Å². The van der Waals surface area contributed by atoms with Gasteiger partial charge in [0.15, 0.2) is 0 Å². The highest BCUT2D eigenvalue weighted by Gasteiger charge is 2.28. The summed E-state index contributed by atoms with van der Waals surface area (Å²) in [6.45, 7) is -0.822. The normalized spacial score (nSPS) is 14.2. The number of carbonyl (C=O) groups is 7. The molecule has 6 amide bonds. The molecular weight excluding hydrogens is 402 g/mol. The molecule has 1 rings (SSSR count). The number of amides is 6. The molecule has 1 saturated heterocycles. The van der Waals surface area contributed by atoms with E-state index < -0.39 is 55.2 Å². The molecule has 1 atom stereocenters. The lowest BCUT2D eigenvalue weighted by Crippen LogP contribution is -2.49. The fourth-order valence-electron chi connectivity index (χ4n) is 2.61. The highest BCUT2D eigenvalue weighted by Crippen LogP contribution is 2.12. The van der Waals surface area contributed by atoms with Crippen LogP contribution in [0.1, 0.15) is 38.5 Å². The second-order valence-corrected chi connectivity index (χ2v) is 6.56. The Labute approximate surface area is 171 Å². The zero-order valence-electron chi connectivity index (χ0n) is 16.3. The third kappa shape index (κ3) is 9.12. The van der Waals surface area contributed by atoms with Crippen LogP contribution in [-0.4, -0.2) is 77.1 Å². The van der Waals surface area contributed by atoms with Gasteiger partial charge in [-0.1, -0.05) is 0 Å². The van der Waals surface area contributed by atoms with Crippen LogP contribution in [0.3, 0.4) is 0 Å². The van der Waals surface area contributed by atoms with E-state index in [0.717, 1.165) is 4.90 Å². The van der Waals surface area contributed by atoms with Gasteiger partial charge < -0.3 is 26.8 Å². The van der Waals surface area contributed by atoms with Gasteiger partial charge in [-0.2, -0.15) is 0 Å². The first-order chi connectivity index (χ1) is 14.1. The van der Waals surface area contributed by atoms with Gasteiger partial charge in [-0.15, -0.1) is 0 Å². The quantitative estimate of drug-likeness (QED) is 0.191. The van der Waals surface area contributed by atoms with Crippen LogP contribution in [0.5, 0.6) is 0 Å².